The molecule has 0 saturated heterocycles. The summed E-state index contributed by atoms with van der Waals surface area (Å²) in [5.74, 6) is -2.44. The summed E-state index contributed by atoms with van der Waals surface area (Å²) in [6.07, 6.45) is -1.67. The molecule has 0 bridgehead atoms. The van der Waals surface area contributed by atoms with Gasteiger partial charge in [0, 0.05) is 5.56 Å². The van der Waals surface area contributed by atoms with Crippen molar-refractivity contribution in [1.82, 2.24) is 0 Å². The Morgan fingerprint density at radius 2 is 1.58 bits per heavy atom. The SMILES string of the molecule is Cc1ccc(F)c(C(O)c2c(F)ccc(C)c2F)c1. The zero-order valence-electron chi connectivity index (χ0n) is 10.5. The Hall–Kier alpha value is -1.81. The highest BCUT2D eigenvalue weighted by molar-refractivity contribution is 5.37. The Balaban J connectivity index is 2.59. The molecule has 0 fully saturated rings. The minimum atomic E-state index is -1.67. The summed E-state index contributed by atoms with van der Waals surface area (Å²) in [4.78, 5) is 0. The molecule has 0 aliphatic heterocycles. The third-order valence-electron chi connectivity index (χ3n) is 3.04. The molecule has 4 heteroatoms. The predicted molar refractivity (Wildman–Crippen MR) is 66.3 cm³/mol. The third kappa shape index (κ3) is 2.49. The van der Waals surface area contributed by atoms with Crippen LogP contribution in [0.1, 0.15) is 28.4 Å². The first-order valence-electron chi connectivity index (χ1n) is 5.80. The van der Waals surface area contributed by atoms with Crippen molar-refractivity contribution in [3.8, 4) is 0 Å². The smallest absolute Gasteiger partial charge is 0.135 e. The first-order chi connectivity index (χ1) is 8.91. The standard InChI is InChI=1S/C15H13F3O/c1-8-3-5-11(16)10(7-8)15(19)13-12(17)6-4-9(2)14(13)18/h3-7,15,19H,1-2H3. The van der Waals surface area contributed by atoms with Crippen LogP contribution in [0, 0.1) is 31.3 Å². The van der Waals surface area contributed by atoms with Gasteiger partial charge in [-0.15, -0.1) is 0 Å². The van der Waals surface area contributed by atoms with Crippen molar-refractivity contribution in [3.05, 3.63) is 70.0 Å². The molecular formula is C15H13F3O. The number of aryl methyl sites for hydroxylation is 2. The number of aliphatic hydroxyl groups is 1. The first-order valence-corrected chi connectivity index (χ1v) is 5.80. The topological polar surface area (TPSA) is 20.2 Å². The van der Waals surface area contributed by atoms with E-state index in [0.29, 0.717) is 5.56 Å². The largest absolute Gasteiger partial charge is 0.383 e. The van der Waals surface area contributed by atoms with Gasteiger partial charge in [0.05, 0.1) is 5.56 Å². The van der Waals surface area contributed by atoms with Crippen molar-refractivity contribution in [2.45, 2.75) is 20.0 Å². The minimum absolute atomic E-state index is 0.136. The van der Waals surface area contributed by atoms with Crippen LogP contribution in [0.25, 0.3) is 0 Å². The molecule has 100 valence electrons. The number of aliphatic hydroxyl groups excluding tert-OH is 1. The van der Waals surface area contributed by atoms with E-state index in [0.717, 1.165) is 6.07 Å². The van der Waals surface area contributed by atoms with Crippen LogP contribution in [0.15, 0.2) is 30.3 Å². The number of hydrogen-bond acceptors (Lipinski definition) is 1. The van der Waals surface area contributed by atoms with Gasteiger partial charge in [0.25, 0.3) is 0 Å². The summed E-state index contributed by atoms with van der Waals surface area (Å²) >= 11 is 0. The Bertz CT molecular complexity index is 623. The molecule has 0 aliphatic carbocycles. The lowest BCUT2D eigenvalue weighted by Crippen LogP contribution is -2.09. The van der Waals surface area contributed by atoms with Gasteiger partial charge in [-0.1, -0.05) is 23.8 Å². The molecule has 0 amide bonds. The molecule has 1 unspecified atom stereocenters. The molecule has 0 aliphatic rings. The molecule has 0 saturated carbocycles. The zero-order chi connectivity index (χ0) is 14.2. The average Bonchev–Trinajstić information content (AvgIpc) is 2.37. The van der Waals surface area contributed by atoms with E-state index in [4.69, 9.17) is 0 Å². The van der Waals surface area contributed by atoms with Crippen molar-refractivity contribution in [2.75, 3.05) is 0 Å². The maximum absolute atomic E-state index is 13.9. The average molecular weight is 266 g/mol. The van der Waals surface area contributed by atoms with E-state index in [1.54, 1.807) is 6.92 Å². The molecule has 0 spiro atoms. The van der Waals surface area contributed by atoms with Crippen LogP contribution in [0.5, 0.6) is 0 Å². The van der Waals surface area contributed by atoms with Crippen molar-refractivity contribution in [1.29, 1.82) is 0 Å². The Morgan fingerprint density at radius 1 is 0.947 bits per heavy atom. The quantitative estimate of drug-likeness (QED) is 0.876. The van der Waals surface area contributed by atoms with Gasteiger partial charge in [-0.3, -0.25) is 0 Å². The molecule has 0 radical (unpaired) electrons. The summed E-state index contributed by atoms with van der Waals surface area (Å²) in [5.41, 5.74) is 0.236. The van der Waals surface area contributed by atoms with Crippen LogP contribution in [-0.2, 0) is 0 Å². The van der Waals surface area contributed by atoms with Gasteiger partial charge in [-0.05, 0) is 31.5 Å². The van der Waals surface area contributed by atoms with Gasteiger partial charge in [0.15, 0.2) is 0 Å². The molecule has 19 heavy (non-hydrogen) atoms. The van der Waals surface area contributed by atoms with Crippen LogP contribution in [0.4, 0.5) is 13.2 Å². The molecule has 2 rings (SSSR count). The molecular weight excluding hydrogens is 253 g/mol. The lowest BCUT2D eigenvalue weighted by atomic mass is 9.97. The van der Waals surface area contributed by atoms with Gasteiger partial charge in [0.2, 0.25) is 0 Å². The fourth-order valence-corrected chi connectivity index (χ4v) is 1.96. The lowest BCUT2D eigenvalue weighted by Gasteiger charge is -2.15. The van der Waals surface area contributed by atoms with E-state index in [2.05, 4.69) is 0 Å². The number of rotatable bonds is 2. The van der Waals surface area contributed by atoms with Crippen LogP contribution >= 0.6 is 0 Å². The minimum Gasteiger partial charge on any atom is -0.383 e. The van der Waals surface area contributed by atoms with Crippen molar-refractivity contribution < 1.29 is 18.3 Å². The highest BCUT2D eigenvalue weighted by Gasteiger charge is 2.23. The van der Waals surface area contributed by atoms with E-state index in [9.17, 15) is 18.3 Å². The van der Waals surface area contributed by atoms with Crippen molar-refractivity contribution in [3.63, 3.8) is 0 Å². The summed E-state index contributed by atoms with van der Waals surface area (Å²) in [5, 5.41) is 10.1. The molecule has 1 N–H and O–H groups in total. The highest BCUT2D eigenvalue weighted by atomic mass is 19.1. The second kappa shape index (κ2) is 5.05. The molecule has 2 aromatic rings. The molecule has 0 aromatic heterocycles. The predicted octanol–water partition coefficient (Wildman–Crippen LogP) is 3.80. The van der Waals surface area contributed by atoms with Crippen LogP contribution in [0.2, 0.25) is 0 Å². The Labute approximate surface area is 109 Å². The summed E-state index contributed by atoms with van der Waals surface area (Å²) in [7, 11) is 0. The van der Waals surface area contributed by atoms with E-state index < -0.39 is 29.1 Å². The van der Waals surface area contributed by atoms with E-state index in [1.165, 1.54) is 31.2 Å². The van der Waals surface area contributed by atoms with Crippen molar-refractivity contribution >= 4 is 0 Å². The summed E-state index contributed by atoms with van der Waals surface area (Å²) < 4.78 is 41.2. The Morgan fingerprint density at radius 3 is 2.26 bits per heavy atom. The second-order valence-corrected chi connectivity index (χ2v) is 4.52. The summed E-state index contributed by atoms with van der Waals surface area (Å²) in [6, 6.07) is 6.40. The molecule has 2 aromatic carbocycles. The van der Waals surface area contributed by atoms with Crippen LogP contribution in [-0.4, -0.2) is 5.11 Å². The number of hydrogen-bond donors (Lipinski definition) is 1. The fourth-order valence-electron chi connectivity index (χ4n) is 1.96. The monoisotopic (exact) mass is 266 g/mol. The molecule has 1 atom stereocenters. The number of halogens is 3. The van der Waals surface area contributed by atoms with Gasteiger partial charge >= 0.3 is 0 Å². The molecule has 0 heterocycles. The summed E-state index contributed by atoms with van der Waals surface area (Å²) in [6.45, 7) is 3.16. The Kier molecular flexibility index (Phi) is 3.62. The maximum Gasteiger partial charge on any atom is 0.135 e. The van der Waals surface area contributed by atoms with Gasteiger partial charge < -0.3 is 5.11 Å². The normalized spacial score (nSPS) is 12.5. The zero-order valence-corrected chi connectivity index (χ0v) is 10.5. The maximum atomic E-state index is 13.9. The fraction of sp³-hybridized carbons (Fsp3) is 0.200. The van der Waals surface area contributed by atoms with E-state index in [-0.39, 0.29) is 11.1 Å². The third-order valence-corrected chi connectivity index (χ3v) is 3.04. The first kappa shape index (κ1) is 13.6. The number of benzene rings is 2. The lowest BCUT2D eigenvalue weighted by molar-refractivity contribution is 0.203. The highest BCUT2D eigenvalue weighted by Crippen LogP contribution is 2.30. The van der Waals surface area contributed by atoms with Gasteiger partial charge in [0.1, 0.15) is 23.6 Å². The van der Waals surface area contributed by atoms with Crippen LogP contribution in [0.3, 0.4) is 0 Å². The molecule has 1 nitrogen and oxygen atoms in total. The van der Waals surface area contributed by atoms with Gasteiger partial charge in [-0.25, -0.2) is 13.2 Å². The second-order valence-electron chi connectivity index (χ2n) is 4.52. The van der Waals surface area contributed by atoms with E-state index >= 15 is 0 Å². The van der Waals surface area contributed by atoms with E-state index in [1.807, 2.05) is 0 Å². The van der Waals surface area contributed by atoms with Crippen molar-refractivity contribution in [2.24, 2.45) is 0 Å². The van der Waals surface area contributed by atoms with Gasteiger partial charge in [-0.2, -0.15) is 0 Å². The van der Waals surface area contributed by atoms with Crippen LogP contribution < -0.4 is 0 Å².